The standard InChI is InChI=1S/C19H23NO3/c1-5-23-18-11-15(8-9-17(18)22-4)19(21)20-12-16-7-6-13(2)10-14(16)3/h6-11H,5,12H2,1-4H3,(H,20,21). The molecule has 23 heavy (non-hydrogen) atoms. The molecule has 0 unspecified atom stereocenters. The summed E-state index contributed by atoms with van der Waals surface area (Å²) in [7, 11) is 1.58. The highest BCUT2D eigenvalue weighted by molar-refractivity contribution is 5.94. The molecule has 0 aliphatic rings. The molecule has 0 spiro atoms. The van der Waals surface area contributed by atoms with Crippen LogP contribution in [0, 0.1) is 13.8 Å². The van der Waals surface area contributed by atoms with Crippen molar-refractivity contribution in [3.63, 3.8) is 0 Å². The summed E-state index contributed by atoms with van der Waals surface area (Å²) in [4.78, 5) is 12.3. The molecule has 1 N–H and O–H groups in total. The van der Waals surface area contributed by atoms with Gasteiger partial charge < -0.3 is 14.8 Å². The minimum Gasteiger partial charge on any atom is -0.493 e. The Labute approximate surface area is 137 Å². The van der Waals surface area contributed by atoms with Gasteiger partial charge in [0.25, 0.3) is 5.91 Å². The number of carbonyl (C=O) groups excluding carboxylic acids is 1. The van der Waals surface area contributed by atoms with Gasteiger partial charge in [-0.1, -0.05) is 23.8 Å². The first-order chi connectivity index (χ1) is 11.0. The highest BCUT2D eigenvalue weighted by Crippen LogP contribution is 2.28. The fourth-order valence-corrected chi connectivity index (χ4v) is 2.41. The molecule has 0 aromatic heterocycles. The van der Waals surface area contributed by atoms with Crippen LogP contribution in [0.4, 0.5) is 0 Å². The van der Waals surface area contributed by atoms with E-state index in [0.717, 1.165) is 5.56 Å². The number of hydrogen-bond acceptors (Lipinski definition) is 3. The Hall–Kier alpha value is -2.49. The molecule has 1 amide bonds. The van der Waals surface area contributed by atoms with E-state index in [4.69, 9.17) is 9.47 Å². The van der Waals surface area contributed by atoms with Gasteiger partial charge in [0.15, 0.2) is 11.5 Å². The van der Waals surface area contributed by atoms with Crippen molar-refractivity contribution in [1.29, 1.82) is 0 Å². The second-order valence-corrected chi connectivity index (χ2v) is 5.41. The lowest BCUT2D eigenvalue weighted by atomic mass is 10.1. The number of aryl methyl sites for hydroxylation is 2. The average Bonchev–Trinajstić information content (AvgIpc) is 2.54. The maximum atomic E-state index is 12.3. The van der Waals surface area contributed by atoms with Crippen molar-refractivity contribution < 1.29 is 14.3 Å². The lowest BCUT2D eigenvalue weighted by Gasteiger charge is -2.12. The molecule has 0 saturated carbocycles. The first-order valence-corrected chi connectivity index (χ1v) is 7.70. The Morgan fingerprint density at radius 1 is 1.09 bits per heavy atom. The summed E-state index contributed by atoms with van der Waals surface area (Å²) in [5.74, 6) is 1.07. The monoisotopic (exact) mass is 313 g/mol. The van der Waals surface area contributed by atoms with Crippen LogP contribution in [0.1, 0.15) is 34.0 Å². The van der Waals surface area contributed by atoms with Crippen molar-refractivity contribution in [2.75, 3.05) is 13.7 Å². The van der Waals surface area contributed by atoms with E-state index in [0.29, 0.717) is 30.2 Å². The topological polar surface area (TPSA) is 47.6 Å². The third-order valence-electron chi connectivity index (χ3n) is 3.66. The number of methoxy groups -OCH3 is 1. The van der Waals surface area contributed by atoms with Gasteiger partial charge >= 0.3 is 0 Å². The zero-order chi connectivity index (χ0) is 16.8. The van der Waals surface area contributed by atoms with Crippen LogP contribution in [-0.4, -0.2) is 19.6 Å². The number of nitrogens with one attached hydrogen (secondary N) is 1. The molecule has 2 rings (SSSR count). The molecule has 0 aliphatic carbocycles. The zero-order valence-corrected chi connectivity index (χ0v) is 14.1. The second-order valence-electron chi connectivity index (χ2n) is 5.41. The average molecular weight is 313 g/mol. The van der Waals surface area contributed by atoms with Gasteiger partial charge in [0.2, 0.25) is 0 Å². The molecule has 2 aromatic carbocycles. The molecule has 0 fully saturated rings. The highest BCUT2D eigenvalue weighted by atomic mass is 16.5. The van der Waals surface area contributed by atoms with Crippen LogP contribution in [0.15, 0.2) is 36.4 Å². The summed E-state index contributed by atoms with van der Waals surface area (Å²) in [5.41, 5.74) is 4.06. The third kappa shape index (κ3) is 4.25. The maximum Gasteiger partial charge on any atom is 0.251 e. The lowest BCUT2D eigenvalue weighted by molar-refractivity contribution is 0.0950. The largest absolute Gasteiger partial charge is 0.493 e. The van der Waals surface area contributed by atoms with Crippen LogP contribution in [0.5, 0.6) is 11.5 Å². The van der Waals surface area contributed by atoms with E-state index < -0.39 is 0 Å². The molecular formula is C19H23NO3. The summed E-state index contributed by atoms with van der Waals surface area (Å²) < 4.78 is 10.7. The number of rotatable bonds is 6. The van der Waals surface area contributed by atoms with Gasteiger partial charge in [-0.15, -0.1) is 0 Å². The Morgan fingerprint density at radius 3 is 2.52 bits per heavy atom. The zero-order valence-electron chi connectivity index (χ0n) is 14.1. The van der Waals surface area contributed by atoms with Crippen LogP contribution in [0.25, 0.3) is 0 Å². The summed E-state index contributed by atoms with van der Waals surface area (Å²) in [6, 6.07) is 11.4. The number of amides is 1. The quantitative estimate of drug-likeness (QED) is 0.885. The minimum absolute atomic E-state index is 0.131. The molecule has 0 bridgehead atoms. The molecule has 0 heterocycles. The predicted octanol–water partition coefficient (Wildman–Crippen LogP) is 3.64. The summed E-state index contributed by atoms with van der Waals surface area (Å²) in [5, 5.41) is 2.95. The van der Waals surface area contributed by atoms with E-state index in [2.05, 4.69) is 31.3 Å². The van der Waals surface area contributed by atoms with E-state index in [1.807, 2.05) is 13.0 Å². The summed E-state index contributed by atoms with van der Waals surface area (Å²) in [6.45, 7) is 7.02. The Morgan fingerprint density at radius 2 is 1.87 bits per heavy atom. The van der Waals surface area contributed by atoms with E-state index in [1.165, 1.54) is 11.1 Å². The first-order valence-electron chi connectivity index (χ1n) is 7.70. The van der Waals surface area contributed by atoms with E-state index >= 15 is 0 Å². The Balaban J connectivity index is 2.09. The van der Waals surface area contributed by atoms with Gasteiger partial charge in [0, 0.05) is 12.1 Å². The molecule has 0 aliphatic heterocycles. The van der Waals surface area contributed by atoms with Gasteiger partial charge in [0.05, 0.1) is 13.7 Å². The molecule has 0 atom stereocenters. The molecule has 2 aromatic rings. The van der Waals surface area contributed by atoms with Gasteiger partial charge in [-0.05, 0) is 50.1 Å². The van der Waals surface area contributed by atoms with Crippen LogP contribution in [0.3, 0.4) is 0 Å². The van der Waals surface area contributed by atoms with Crippen molar-refractivity contribution in [3.8, 4) is 11.5 Å². The Bertz CT molecular complexity index is 695. The Kier molecular flexibility index (Phi) is 5.63. The van der Waals surface area contributed by atoms with Crippen LogP contribution >= 0.6 is 0 Å². The van der Waals surface area contributed by atoms with Crippen molar-refractivity contribution >= 4 is 5.91 Å². The fourth-order valence-electron chi connectivity index (χ4n) is 2.41. The molecule has 4 heteroatoms. The smallest absolute Gasteiger partial charge is 0.251 e. The predicted molar refractivity (Wildman–Crippen MR) is 91.2 cm³/mol. The SMILES string of the molecule is CCOc1cc(C(=O)NCc2ccc(C)cc2C)ccc1OC. The van der Waals surface area contributed by atoms with Crippen molar-refractivity contribution in [1.82, 2.24) is 5.32 Å². The maximum absolute atomic E-state index is 12.3. The fraction of sp³-hybridized carbons (Fsp3) is 0.316. The van der Waals surface area contributed by atoms with Crippen molar-refractivity contribution in [2.24, 2.45) is 0 Å². The van der Waals surface area contributed by atoms with Crippen molar-refractivity contribution in [3.05, 3.63) is 58.7 Å². The summed E-state index contributed by atoms with van der Waals surface area (Å²) >= 11 is 0. The third-order valence-corrected chi connectivity index (χ3v) is 3.66. The number of benzene rings is 2. The lowest BCUT2D eigenvalue weighted by Crippen LogP contribution is -2.23. The number of ether oxygens (including phenoxy) is 2. The van der Waals surface area contributed by atoms with Crippen LogP contribution in [-0.2, 0) is 6.54 Å². The molecular weight excluding hydrogens is 290 g/mol. The van der Waals surface area contributed by atoms with Gasteiger partial charge in [-0.3, -0.25) is 4.79 Å². The van der Waals surface area contributed by atoms with Crippen LogP contribution < -0.4 is 14.8 Å². The summed E-state index contributed by atoms with van der Waals surface area (Å²) in [6.07, 6.45) is 0. The molecule has 4 nitrogen and oxygen atoms in total. The molecule has 0 saturated heterocycles. The highest BCUT2D eigenvalue weighted by Gasteiger charge is 2.11. The van der Waals surface area contributed by atoms with Gasteiger partial charge in [-0.25, -0.2) is 0 Å². The molecule has 0 radical (unpaired) electrons. The van der Waals surface area contributed by atoms with Gasteiger partial charge in [0.1, 0.15) is 0 Å². The van der Waals surface area contributed by atoms with Crippen LogP contribution in [0.2, 0.25) is 0 Å². The first kappa shape index (κ1) is 16.9. The minimum atomic E-state index is -0.131. The normalized spacial score (nSPS) is 10.3. The van der Waals surface area contributed by atoms with E-state index in [1.54, 1.807) is 25.3 Å². The molecule has 122 valence electrons. The van der Waals surface area contributed by atoms with E-state index in [-0.39, 0.29) is 5.91 Å². The number of hydrogen-bond donors (Lipinski definition) is 1. The van der Waals surface area contributed by atoms with E-state index in [9.17, 15) is 4.79 Å². The van der Waals surface area contributed by atoms with Crippen molar-refractivity contribution in [2.45, 2.75) is 27.3 Å². The second kappa shape index (κ2) is 7.68. The number of carbonyl (C=O) groups is 1. The van der Waals surface area contributed by atoms with Gasteiger partial charge in [-0.2, -0.15) is 0 Å².